The Kier molecular flexibility index (Phi) is 7.51. The second-order valence-electron chi connectivity index (χ2n) is 8.22. The van der Waals surface area contributed by atoms with Crippen LogP contribution in [-0.4, -0.2) is 53.6 Å². The first-order chi connectivity index (χ1) is 13.0. The summed E-state index contributed by atoms with van der Waals surface area (Å²) < 4.78 is 11.1. The van der Waals surface area contributed by atoms with Crippen LogP contribution in [0.15, 0.2) is 12.1 Å². The fourth-order valence-corrected chi connectivity index (χ4v) is 4.13. The molecule has 1 saturated heterocycles. The number of nitrogens with zero attached hydrogens (tertiary/aromatic N) is 1. The van der Waals surface area contributed by atoms with Crippen molar-refractivity contribution < 1.29 is 19.1 Å². The van der Waals surface area contributed by atoms with E-state index >= 15 is 0 Å². The van der Waals surface area contributed by atoms with Crippen LogP contribution in [0.4, 0.5) is 0 Å². The molecule has 0 saturated carbocycles. The summed E-state index contributed by atoms with van der Waals surface area (Å²) in [5, 5.41) is 3.26. The lowest BCUT2D eigenvalue weighted by Crippen LogP contribution is -2.52. The van der Waals surface area contributed by atoms with Crippen molar-refractivity contribution in [2.75, 3.05) is 25.3 Å². The molecule has 1 aromatic rings. The van der Waals surface area contributed by atoms with Crippen molar-refractivity contribution in [3.05, 3.63) is 22.7 Å². The number of rotatable bonds is 6. The zero-order valence-electron chi connectivity index (χ0n) is 17.3. The minimum absolute atomic E-state index is 0.152. The Morgan fingerprint density at radius 2 is 2.04 bits per heavy atom. The molecule has 8 heteroatoms. The largest absolute Gasteiger partial charge is 0.493 e. The highest BCUT2D eigenvalue weighted by Crippen LogP contribution is 2.37. The Morgan fingerprint density at radius 1 is 1.36 bits per heavy atom. The number of carbonyl (C=O) groups excluding carboxylic acids is 2. The van der Waals surface area contributed by atoms with Crippen LogP contribution in [-0.2, 0) is 4.79 Å². The van der Waals surface area contributed by atoms with Crippen LogP contribution in [0.5, 0.6) is 11.5 Å². The highest BCUT2D eigenvalue weighted by atomic mass is 35.5. The van der Waals surface area contributed by atoms with Crippen LogP contribution < -0.4 is 14.8 Å². The van der Waals surface area contributed by atoms with Crippen LogP contribution in [0.3, 0.4) is 0 Å². The molecule has 1 aromatic carbocycles. The first-order valence-corrected chi connectivity index (χ1v) is 10.8. The first-order valence-electron chi connectivity index (χ1n) is 9.24. The fraction of sp³-hybridized carbons (Fsp3) is 0.600. The summed E-state index contributed by atoms with van der Waals surface area (Å²) in [6, 6.07) is 2.67. The van der Waals surface area contributed by atoms with E-state index < -0.39 is 6.04 Å². The van der Waals surface area contributed by atoms with E-state index in [1.165, 1.54) is 7.11 Å². The number of carbonyl (C=O) groups is 2. The Morgan fingerprint density at radius 3 is 2.61 bits per heavy atom. The van der Waals surface area contributed by atoms with E-state index in [1.54, 1.807) is 28.8 Å². The normalized spacial score (nSPS) is 17.0. The molecule has 0 bridgehead atoms. The average molecular weight is 429 g/mol. The number of amides is 2. The molecule has 1 fully saturated rings. The van der Waals surface area contributed by atoms with Gasteiger partial charge in [0.15, 0.2) is 11.5 Å². The molecule has 0 spiro atoms. The average Bonchev–Trinajstić information content (AvgIpc) is 3.07. The Labute approximate surface area is 176 Å². The Bertz CT molecular complexity index is 734. The van der Waals surface area contributed by atoms with Crippen LogP contribution in [0, 0.1) is 5.92 Å². The van der Waals surface area contributed by atoms with Crippen molar-refractivity contribution in [2.24, 2.45) is 5.92 Å². The number of methoxy groups -OCH3 is 1. The van der Waals surface area contributed by atoms with Crippen molar-refractivity contribution in [1.82, 2.24) is 10.2 Å². The highest BCUT2D eigenvalue weighted by molar-refractivity contribution is 7.99. The first kappa shape index (κ1) is 22.7. The van der Waals surface area contributed by atoms with Gasteiger partial charge in [0.05, 0.1) is 24.6 Å². The lowest BCUT2D eigenvalue weighted by Gasteiger charge is -2.28. The maximum Gasteiger partial charge on any atom is 0.255 e. The molecule has 0 aromatic heterocycles. The molecule has 2 rings (SSSR count). The van der Waals surface area contributed by atoms with Crippen molar-refractivity contribution in [1.29, 1.82) is 0 Å². The second-order valence-corrected chi connectivity index (χ2v) is 9.63. The molecular formula is C20H29ClN2O4S. The van der Waals surface area contributed by atoms with Gasteiger partial charge < -0.3 is 19.7 Å². The van der Waals surface area contributed by atoms with Crippen molar-refractivity contribution in [2.45, 2.75) is 46.2 Å². The van der Waals surface area contributed by atoms with Gasteiger partial charge in [0, 0.05) is 16.9 Å². The third-order valence-corrected chi connectivity index (χ3v) is 5.27. The predicted octanol–water partition coefficient (Wildman–Crippen LogP) is 3.81. The molecule has 0 aliphatic carbocycles. The minimum atomic E-state index is -0.515. The monoisotopic (exact) mass is 428 g/mol. The molecule has 0 radical (unpaired) electrons. The number of hydrogen-bond donors (Lipinski definition) is 1. The van der Waals surface area contributed by atoms with Gasteiger partial charge in [-0.1, -0.05) is 25.4 Å². The molecule has 1 aliphatic heterocycles. The van der Waals surface area contributed by atoms with Crippen LogP contribution in [0.2, 0.25) is 5.02 Å². The van der Waals surface area contributed by atoms with Crippen LogP contribution in [0.1, 0.15) is 45.0 Å². The van der Waals surface area contributed by atoms with Crippen molar-refractivity contribution in [3.63, 3.8) is 0 Å². The van der Waals surface area contributed by atoms with Gasteiger partial charge >= 0.3 is 0 Å². The molecular weight excluding hydrogens is 400 g/mol. The van der Waals surface area contributed by atoms with Crippen LogP contribution in [0.25, 0.3) is 0 Å². The van der Waals surface area contributed by atoms with E-state index in [2.05, 4.69) is 5.32 Å². The second kappa shape index (κ2) is 9.27. The number of nitrogens with one attached hydrogen (secondary N) is 1. The zero-order valence-corrected chi connectivity index (χ0v) is 18.9. The van der Waals surface area contributed by atoms with E-state index in [0.717, 1.165) is 0 Å². The smallest absolute Gasteiger partial charge is 0.255 e. The van der Waals surface area contributed by atoms with Gasteiger partial charge in [-0.05, 0) is 38.8 Å². The summed E-state index contributed by atoms with van der Waals surface area (Å²) in [7, 11) is 1.51. The fourth-order valence-electron chi connectivity index (χ4n) is 2.71. The molecule has 6 nitrogen and oxygen atoms in total. The topological polar surface area (TPSA) is 67.9 Å². The van der Waals surface area contributed by atoms with E-state index in [9.17, 15) is 9.59 Å². The number of hydrogen-bond acceptors (Lipinski definition) is 5. The summed E-state index contributed by atoms with van der Waals surface area (Å²) in [4.78, 5) is 27.3. The zero-order chi connectivity index (χ0) is 21.1. The molecule has 1 N–H and O–H groups in total. The molecule has 1 heterocycles. The summed E-state index contributed by atoms with van der Waals surface area (Å²) in [5.41, 5.74) is 0.0101. The summed E-state index contributed by atoms with van der Waals surface area (Å²) in [5.74, 6) is 1.76. The molecule has 1 unspecified atom stereocenters. The lowest BCUT2D eigenvalue weighted by atomic mass is 10.1. The third-order valence-electron chi connectivity index (χ3n) is 3.98. The maximum atomic E-state index is 13.1. The van der Waals surface area contributed by atoms with Gasteiger partial charge in [0.25, 0.3) is 5.91 Å². The lowest BCUT2D eigenvalue weighted by molar-refractivity contribution is -0.125. The Hall–Kier alpha value is -1.60. The van der Waals surface area contributed by atoms with Crippen molar-refractivity contribution in [3.8, 4) is 11.5 Å². The van der Waals surface area contributed by atoms with Gasteiger partial charge in [-0.2, -0.15) is 0 Å². The van der Waals surface area contributed by atoms with Crippen molar-refractivity contribution >= 4 is 35.2 Å². The van der Waals surface area contributed by atoms with E-state index in [0.29, 0.717) is 46.2 Å². The van der Waals surface area contributed by atoms with Gasteiger partial charge in [0.1, 0.15) is 6.04 Å². The number of thioether (sulfide) groups is 1. The summed E-state index contributed by atoms with van der Waals surface area (Å²) >= 11 is 7.92. The maximum absolute atomic E-state index is 13.1. The molecule has 156 valence electrons. The van der Waals surface area contributed by atoms with Gasteiger partial charge in [-0.25, -0.2) is 0 Å². The van der Waals surface area contributed by atoms with E-state index in [1.807, 2.05) is 34.6 Å². The summed E-state index contributed by atoms with van der Waals surface area (Å²) in [6.45, 7) is 10.3. The van der Waals surface area contributed by atoms with E-state index in [4.69, 9.17) is 21.1 Å². The molecule has 28 heavy (non-hydrogen) atoms. The van der Waals surface area contributed by atoms with Crippen LogP contribution >= 0.6 is 23.4 Å². The summed E-state index contributed by atoms with van der Waals surface area (Å²) in [6.07, 6.45) is 0. The molecule has 2 amide bonds. The third kappa shape index (κ3) is 5.70. The SMILES string of the molecule is COc1cc(C(=O)N2CSCC2C(=O)NC(C)(C)C)cc(Cl)c1OCC(C)C. The quantitative estimate of drug-likeness (QED) is 0.746. The number of benzene rings is 1. The van der Waals surface area contributed by atoms with Gasteiger partial charge in [0.2, 0.25) is 5.91 Å². The molecule has 1 atom stereocenters. The molecule has 1 aliphatic rings. The highest BCUT2D eigenvalue weighted by Gasteiger charge is 2.36. The predicted molar refractivity (Wildman–Crippen MR) is 114 cm³/mol. The Balaban J connectivity index is 2.25. The number of halogens is 1. The van der Waals surface area contributed by atoms with Gasteiger partial charge in [-0.3, -0.25) is 9.59 Å². The number of ether oxygens (including phenoxy) is 2. The van der Waals surface area contributed by atoms with E-state index in [-0.39, 0.29) is 17.4 Å². The minimum Gasteiger partial charge on any atom is -0.493 e. The standard InChI is InChI=1S/C20H29ClN2O4S/c1-12(2)9-27-17-14(21)7-13(8-16(17)26-6)19(25)23-11-28-10-15(23)18(24)22-20(3,4)5/h7-8,12,15H,9-11H2,1-6H3,(H,22,24). The van der Waals surface area contributed by atoms with Gasteiger partial charge in [-0.15, -0.1) is 11.8 Å².